The molecule has 0 heterocycles. The minimum atomic E-state index is -0.610. The van der Waals surface area contributed by atoms with Gasteiger partial charge >= 0.3 is 11.9 Å². The molecule has 2 aromatic rings. The molecule has 154 valence electrons. The lowest BCUT2D eigenvalue weighted by atomic mass is 10.1. The van der Waals surface area contributed by atoms with Gasteiger partial charge in [-0.15, -0.1) is 0 Å². The zero-order valence-electron chi connectivity index (χ0n) is 17.1. The van der Waals surface area contributed by atoms with Crippen molar-refractivity contribution in [3.8, 4) is 16.9 Å². The number of hydrogen-bond acceptors (Lipinski definition) is 4. The van der Waals surface area contributed by atoms with E-state index in [0.717, 1.165) is 36.1 Å². The molecule has 0 N–H and O–H groups in total. The van der Waals surface area contributed by atoms with Gasteiger partial charge in [-0.05, 0) is 18.1 Å². The fraction of sp³-hybridized carbons (Fsp3) is 0.360. The average Bonchev–Trinajstić information content (AvgIpc) is 2.75. The second kappa shape index (κ2) is 13.3. The molecule has 0 atom stereocenters. The summed E-state index contributed by atoms with van der Waals surface area (Å²) in [5.41, 5.74) is 1.77. The molecule has 0 amide bonds. The van der Waals surface area contributed by atoms with Crippen LogP contribution in [-0.2, 0) is 14.3 Å². The van der Waals surface area contributed by atoms with Crippen molar-refractivity contribution in [3.63, 3.8) is 0 Å². The van der Waals surface area contributed by atoms with E-state index in [1.54, 1.807) is 12.1 Å². The molecule has 0 aliphatic carbocycles. The highest BCUT2D eigenvalue weighted by atomic mass is 16.5. The van der Waals surface area contributed by atoms with Crippen molar-refractivity contribution in [1.82, 2.24) is 0 Å². The van der Waals surface area contributed by atoms with E-state index < -0.39 is 11.9 Å². The second-order valence-corrected chi connectivity index (χ2v) is 6.91. The Hall–Kier alpha value is -2.88. The summed E-state index contributed by atoms with van der Waals surface area (Å²) in [5.74, 6) is -0.685. The summed E-state index contributed by atoms with van der Waals surface area (Å²) in [6.45, 7) is 2.58. The van der Waals surface area contributed by atoms with Crippen LogP contribution in [0.5, 0.6) is 5.75 Å². The van der Waals surface area contributed by atoms with E-state index in [-0.39, 0.29) is 0 Å². The molecule has 0 aliphatic rings. The summed E-state index contributed by atoms with van der Waals surface area (Å²) < 4.78 is 10.5. The van der Waals surface area contributed by atoms with E-state index >= 15 is 0 Å². The maximum Gasteiger partial charge on any atom is 0.336 e. The first-order chi connectivity index (χ1) is 14.2. The molecular formula is C25H30O4. The van der Waals surface area contributed by atoms with Crippen LogP contribution >= 0.6 is 0 Å². The normalized spacial score (nSPS) is 10.8. The van der Waals surface area contributed by atoms with Crippen molar-refractivity contribution < 1.29 is 19.1 Å². The van der Waals surface area contributed by atoms with Gasteiger partial charge in [0.05, 0.1) is 6.61 Å². The lowest BCUT2D eigenvalue weighted by Gasteiger charge is -2.08. The molecular weight excluding hydrogens is 364 g/mol. The predicted octanol–water partition coefficient (Wildman–Crippen LogP) is 6.11. The molecule has 0 fully saturated rings. The van der Waals surface area contributed by atoms with Gasteiger partial charge in [-0.3, -0.25) is 0 Å². The van der Waals surface area contributed by atoms with E-state index in [1.165, 1.54) is 32.1 Å². The van der Waals surface area contributed by atoms with E-state index in [2.05, 4.69) is 6.92 Å². The van der Waals surface area contributed by atoms with Crippen LogP contribution in [0.1, 0.15) is 51.9 Å². The number of ether oxygens (including phenoxy) is 2. The third kappa shape index (κ3) is 8.77. The number of hydrogen-bond donors (Lipinski definition) is 0. The van der Waals surface area contributed by atoms with Gasteiger partial charge in [0.15, 0.2) is 0 Å². The summed E-state index contributed by atoms with van der Waals surface area (Å²) >= 11 is 0. The first kappa shape index (κ1) is 22.4. The van der Waals surface area contributed by atoms with Crippen molar-refractivity contribution in [3.05, 3.63) is 66.7 Å². The van der Waals surface area contributed by atoms with Crippen LogP contribution in [0.2, 0.25) is 0 Å². The molecule has 0 spiro atoms. The van der Waals surface area contributed by atoms with Crippen LogP contribution in [0.15, 0.2) is 66.7 Å². The minimum absolute atomic E-state index is 0.378. The third-order valence-electron chi connectivity index (χ3n) is 4.53. The smallest absolute Gasteiger partial charge is 0.336 e. The van der Waals surface area contributed by atoms with Gasteiger partial charge in [-0.25, -0.2) is 9.59 Å². The number of esters is 2. The fourth-order valence-corrected chi connectivity index (χ4v) is 2.97. The molecule has 0 saturated heterocycles. The highest BCUT2D eigenvalue weighted by Crippen LogP contribution is 2.29. The minimum Gasteiger partial charge on any atom is -0.463 e. The standard InChI is InChI=1S/C25H30O4/c1-2-3-4-5-6-7-13-20-28-24(26)18-19-25(27)29-23-17-12-11-16-22(23)21-14-9-8-10-15-21/h8-12,14-19H,2-7,13,20H2,1H3/b19-18+. The Bertz CT molecular complexity index is 780. The van der Waals surface area contributed by atoms with Crippen molar-refractivity contribution in [2.45, 2.75) is 51.9 Å². The van der Waals surface area contributed by atoms with Crippen molar-refractivity contribution in [2.24, 2.45) is 0 Å². The monoisotopic (exact) mass is 394 g/mol. The molecule has 0 bridgehead atoms. The van der Waals surface area contributed by atoms with Crippen molar-refractivity contribution >= 4 is 11.9 Å². The molecule has 0 aromatic heterocycles. The highest BCUT2D eigenvalue weighted by molar-refractivity contribution is 5.93. The summed E-state index contributed by atoms with van der Waals surface area (Å²) in [6.07, 6.45) is 10.3. The largest absolute Gasteiger partial charge is 0.463 e. The molecule has 4 nitrogen and oxygen atoms in total. The summed E-state index contributed by atoms with van der Waals surface area (Å²) in [5, 5.41) is 0. The molecule has 0 radical (unpaired) electrons. The van der Waals surface area contributed by atoms with Gasteiger partial charge in [0.1, 0.15) is 5.75 Å². The quantitative estimate of drug-likeness (QED) is 0.189. The van der Waals surface area contributed by atoms with Crippen LogP contribution in [-0.4, -0.2) is 18.5 Å². The third-order valence-corrected chi connectivity index (χ3v) is 4.53. The van der Waals surface area contributed by atoms with E-state index in [4.69, 9.17) is 9.47 Å². The predicted molar refractivity (Wildman–Crippen MR) is 116 cm³/mol. The first-order valence-corrected chi connectivity index (χ1v) is 10.4. The van der Waals surface area contributed by atoms with E-state index in [0.29, 0.717) is 12.4 Å². The number of rotatable bonds is 12. The molecule has 0 aliphatic heterocycles. The molecule has 0 unspecified atom stereocenters. The SMILES string of the molecule is CCCCCCCCCOC(=O)/C=C/C(=O)Oc1ccccc1-c1ccccc1. The average molecular weight is 395 g/mol. The Morgan fingerprint density at radius 3 is 2.14 bits per heavy atom. The van der Waals surface area contributed by atoms with Crippen molar-refractivity contribution in [1.29, 1.82) is 0 Å². The van der Waals surface area contributed by atoms with E-state index in [9.17, 15) is 9.59 Å². The Morgan fingerprint density at radius 2 is 1.38 bits per heavy atom. The van der Waals surface area contributed by atoms with E-state index in [1.807, 2.05) is 42.5 Å². The van der Waals surface area contributed by atoms with Gasteiger partial charge in [0, 0.05) is 17.7 Å². The second-order valence-electron chi connectivity index (χ2n) is 6.91. The van der Waals surface area contributed by atoms with Gasteiger partial charge in [-0.1, -0.05) is 94.0 Å². The number of carbonyl (C=O) groups excluding carboxylic acids is 2. The maximum atomic E-state index is 12.1. The fourth-order valence-electron chi connectivity index (χ4n) is 2.97. The molecule has 2 rings (SSSR count). The maximum absolute atomic E-state index is 12.1. The number of benzene rings is 2. The molecule has 2 aromatic carbocycles. The summed E-state index contributed by atoms with van der Waals surface area (Å²) in [6, 6.07) is 17.0. The zero-order chi connectivity index (χ0) is 20.7. The Labute approximate surface area is 173 Å². The molecule has 4 heteroatoms. The van der Waals surface area contributed by atoms with Crippen LogP contribution in [0.4, 0.5) is 0 Å². The number of carbonyl (C=O) groups is 2. The van der Waals surface area contributed by atoms with Crippen LogP contribution < -0.4 is 4.74 Å². The van der Waals surface area contributed by atoms with Gasteiger partial charge < -0.3 is 9.47 Å². The Kier molecular flexibility index (Phi) is 10.3. The van der Waals surface area contributed by atoms with Gasteiger partial charge in [0.25, 0.3) is 0 Å². The summed E-state index contributed by atoms with van der Waals surface area (Å²) in [7, 11) is 0. The van der Waals surface area contributed by atoms with Gasteiger partial charge in [-0.2, -0.15) is 0 Å². The Balaban J connectivity index is 1.74. The van der Waals surface area contributed by atoms with Crippen LogP contribution in [0.25, 0.3) is 11.1 Å². The lowest BCUT2D eigenvalue weighted by Crippen LogP contribution is -2.08. The molecule has 0 saturated carbocycles. The first-order valence-electron chi connectivity index (χ1n) is 10.4. The topological polar surface area (TPSA) is 52.6 Å². The Morgan fingerprint density at radius 1 is 0.759 bits per heavy atom. The van der Waals surface area contributed by atoms with Gasteiger partial charge in [0.2, 0.25) is 0 Å². The van der Waals surface area contributed by atoms with Crippen molar-refractivity contribution in [2.75, 3.05) is 6.61 Å². The van der Waals surface area contributed by atoms with Crippen LogP contribution in [0, 0.1) is 0 Å². The van der Waals surface area contributed by atoms with Crippen LogP contribution in [0.3, 0.4) is 0 Å². The zero-order valence-corrected chi connectivity index (χ0v) is 17.1. The molecule has 29 heavy (non-hydrogen) atoms. The number of unbranched alkanes of at least 4 members (excludes halogenated alkanes) is 6. The highest BCUT2D eigenvalue weighted by Gasteiger charge is 2.09. The summed E-state index contributed by atoms with van der Waals surface area (Å²) in [4.78, 5) is 23.8. The number of para-hydroxylation sites is 1. The lowest BCUT2D eigenvalue weighted by molar-refractivity contribution is -0.138.